The van der Waals surface area contributed by atoms with Crippen LogP contribution < -0.4 is 0 Å². The first-order chi connectivity index (χ1) is 9.23. The lowest BCUT2D eigenvalue weighted by atomic mass is 9.83. The molecule has 20 heavy (non-hydrogen) atoms. The molecule has 1 aliphatic carbocycles. The molecule has 0 aromatic rings. The molecule has 0 radical (unpaired) electrons. The van der Waals surface area contributed by atoms with Crippen molar-refractivity contribution < 1.29 is 4.43 Å². The zero-order valence-corrected chi connectivity index (χ0v) is 15.8. The molecular weight excluding hydrogens is 260 g/mol. The lowest BCUT2D eigenvalue weighted by Crippen LogP contribution is -2.52. The molecule has 0 unspecified atom stereocenters. The van der Waals surface area contributed by atoms with Crippen molar-refractivity contribution in [2.45, 2.75) is 96.9 Å². The van der Waals surface area contributed by atoms with Crippen LogP contribution in [0.3, 0.4) is 0 Å². The van der Waals surface area contributed by atoms with Gasteiger partial charge in [-0.1, -0.05) is 66.5 Å². The number of hydrogen-bond donors (Lipinski definition) is 0. The third-order valence-corrected chi connectivity index (χ3v) is 11.5. The molecule has 1 nitrogen and oxygen atoms in total. The van der Waals surface area contributed by atoms with Crippen LogP contribution in [0.2, 0.25) is 16.6 Å². The predicted molar refractivity (Wildman–Crippen MR) is 92.7 cm³/mol. The van der Waals surface area contributed by atoms with Crippen molar-refractivity contribution >= 4 is 8.32 Å². The van der Waals surface area contributed by atoms with Gasteiger partial charge < -0.3 is 4.43 Å². The van der Waals surface area contributed by atoms with Gasteiger partial charge in [0.25, 0.3) is 0 Å². The van der Waals surface area contributed by atoms with Gasteiger partial charge in [0.15, 0.2) is 0 Å². The van der Waals surface area contributed by atoms with E-state index in [-0.39, 0.29) is 0 Å². The fourth-order valence-electron chi connectivity index (χ4n) is 4.47. The first kappa shape index (κ1) is 18.0. The van der Waals surface area contributed by atoms with E-state index < -0.39 is 8.32 Å². The molecule has 0 aliphatic heterocycles. The molecule has 0 spiro atoms. The average Bonchev–Trinajstić information content (AvgIpc) is 2.34. The molecule has 0 amide bonds. The lowest BCUT2D eigenvalue weighted by molar-refractivity contribution is 0.0919. The minimum absolute atomic E-state index is 0.431. The third kappa shape index (κ3) is 3.57. The summed E-state index contributed by atoms with van der Waals surface area (Å²) in [5.41, 5.74) is 3.36. The predicted octanol–water partition coefficient (Wildman–Crippen LogP) is 6.31. The SMILES string of the molecule is C=C(C)[C@@H]1CCCC[C@H]1O[Si](C(C)C)(C(C)C)C(C)C. The molecule has 2 heteroatoms. The van der Waals surface area contributed by atoms with Gasteiger partial charge in [-0.25, -0.2) is 0 Å². The van der Waals surface area contributed by atoms with E-state index in [2.05, 4.69) is 55.0 Å². The van der Waals surface area contributed by atoms with Gasteiger partial charge in [0.05, 0.1) is 6.10 Å². The Hall–Kier alpha value is -0.0831. The van der Waals surface area contributed by atoms with Crippen LogP contribution in [0.4, 0.5) is 0 Å². The van der Waals surface area contributed by atoms with Crippen molar-refractivity contribution in [2.24, 2.45) is 5.92 Å². The van der Waals surface area contributed by atoms with Crippen molar-refractivity contribution in [3.05, 3.63) is 12.2 Å². The van der Waals surface area contributed by atoms with E-state index in [0.29, 0.717) is 28.6 Å². The van der Waals surface area contributed by atoms with Gasteiger partial charge in [-0.3, -0.25) is 0 Å². The standard InChI is InChI=1S/C18H36OSi/c1-13(2)17-11-9-10-12-18(17)19-20(14(3)4,15(5)6)16(7)8/h14-18H,1,9-12H2,2-8H3/t17-,18+/m0/s1. The van der Waals surface area contributed by atoms with Gasteiger partial charge >= 0.3 is 0 Å². The maximum Gasteiger partial charge on any atom is 0.200 e. The Labute approximate surface area is 128 Å². The van der Waals surface area contributed by atoms with Crippen LogP contribution in [-0.2, 0) is 4.43 Å². The van der Waals surface area contributed by atoms with Gasteiger partial charge in [-0.05, 0) is 36.4 Å². The molecule has 0 N–H and O–H groups in total. The molecule has 1 fully saturated rings. The summed E-state index contributed by atoms with van der Waals surface area (Å²) in [7, 11) is -1.74. The van der Waals surface area contributed by atoms with Crippen LogP contribution in [-0.4, -0.2) is 14.4 Å². The summed E-state index contributed by atoms with van der Waals surface area (Å²) in [6.07, 6.45) is 5.61. The van der Waals surface area contributed by atoms with Gasteiger partial charge in [-0.2, -0.15) is 0 Å². The molecule has 0 aromatic carbocycles. The molecule has 2 atom stereocenters. The Balaban J connectivity index is 3.01. The molecule has 0 bridgehead atoms. The highest BCUT2D eigenvalue weighted by atomic mass is 28.4. The molecule has 118 valence electrons. The number of rotatable bonds is 6. The van der Waals surface area contributed by atoms with E-state index in [4.69, 9.17) is 4.43 Å². The van der Waals surface area contributed by atoms with E-state index in [0.717, 1.165) is 0 Å². The summed E-state index contributed by atoms with van der Waals surface area (Å²) >= 11 is 0. The highest BCUT2D eigenvalue weighted by molar-refractivity contribution is 6.77. The minimum Gasteiger partial charge on any atom is -0.413 e. The zero-order valence-electron chi connectivity index (χ0n) is 14.8. The van der Waals surface area contributed by atoms with Crippen molar-refractivity contribution in [1.29, 1.82) is 0 Å². The summed E-state index contributed by atoms with van der Waals surface area (Å²) in [4.78, 5) is 0. The van der Waals surface area contributed by atoms with Crippen molar-refractivity contribution in [1.82, 2.24) is 0 Å². The fourth-order valence-corrected chi connectivity index (χ4v) is 10.1. The van der Waals surface area contributed by atoms with Crippen molar-refractivity contribution in [3.8, 4) is 0 Å². The van der Waals surface area contributed by atoms with E-state index in [1.165, 1.54) is 31.3 Å². The van der Waals surface area contributed by atoms with E-state index in [9.17, 15) is 0 Å². The van der Waals surface area contributed by atoms with Crippen LogP contribution in [0.15, 0.2) is 12.2 Å². The molecular formula is C18H36OSi. The molecule has 1 saturated carbocycles. The summed E-state index contributed by atoms with van der Waals surface area (Å²) in [5.74, 6) is 0.590. The summed E-state index contributed by atoms with van der Waals surface area (Å²) in [5, 5.41) is 0. The lowest BCUT2D eigenvalue weighted by Gasteiger charge is -2.47. The normalized spacial score (nSPS) is 24.7. The van der Waals surface area contributed by atoms with Crippen molar-refractivity contribution in [2.75, 3.05) is 0 Å². The van der Waals surface area contributed by atoms with E-state index in [1.807, 2.05) is 0 Å². The minimum atomic E-state index is -1.74. The van der Waals surface area contributed by atoms with E-state index in [1.54, 1.807) is 0 Å². The number of hydrogen-bond acceptors (Lipinski definition) is 1. The molecule has 0 aromatic heterocycles. The second-order valence-corrected chi connectivity index (χ2v) is 13.1. The van der Waals surface area contributed by atoms with E-state index >= 15 is 0 Å². The van der Waals surface area contributed by atoms with Gasteiger partial charge in [0.1, 0.15) is 0 Å². The second-order valence-electron chi connectivity index (χ2n) is 7.71. The summed E-state index contributed by atoms with van der Waals surface area (Å²) in [6, 6.07) is 0. The highest BCUT2D eigenvalue weighted by Gasteiger charge is 2.47. The molecule has 1 aliphatic rings. The van der Waals surface area contributed by atoms with Crippen LogP contribution >= 0.6 is 0 Å². The smallest absolute Gasteiger partial charge is 0.200 e. The fraction of sp³-hybridized carbons (Fsp3) is 0.889. The summed E-state index contributed by atoms with van der Waals surface area (Å²) < 4.78 is 7.02. The molecule has 0 heterocycles. The Bertz CT molecular complexity index is 298. The monoisotopic (exact) mass is 296 g/mol. The van der Waals surface area contributed by atoms with Gasteiger partial charge in [0.2, 0.25) is 8.32 Å². The van der Waals surface area contributed by atoms with Crippen LogP contribution in [0, 0.1) is 5.92 Å². The first-order valence-corrected chi connectivity index (χ1v) is 10.7. The molecule has 0 saturated heterocycles. The Morgan fingerprint density at radius 1 is 0.950 bits per heavy atom. The maximum absolute atomic E-state index is 7.02. The largest absolute Gasteiger partial charge is 0.413 e. The van der Waals surface area contributed by atoms with Crippen molar-refractivity contribution in [3.63, 3.8) is 0 Å². The van der Waals surface area contributed by atoms with Crippen LogP contribution in [0.5, 0.6) is 0 Å². The maximum atomic E-state index is 7.02. The quantitative estimate of drug-likeness (QED) is 0.412. The zero-order chi connectivity index (χ0) is 15.5. The van der Waals surface area contributed by atoms with Gasteiger partial charge in [0, 0.05) is 5.92 Å². The first-order valence-electron chi connectivity index (χ1n) is 8.56. The Kier molecular flexibility index (Phi) is 6.52. The Morgan fingerprint density at radius 2 is 1.40 bits per heavy atom. The van der Waals surface area contributed by atoms with Crippen LogP contribution in [0.25, 0.3) is 0 Å². The third-order valence-electron chi connectivity index (χ3n) is 5.40. The van der Waals surface area contributed by atoms with Crippen LogP contribution in [0.1, 0.15) is 74.1 Å². The average molecular weight is 297 g/mol. The molecule has 1 rings (SSSR count). The second kappa shape index (κ2) is 7.26. The Morgan fingerprint density at radius 3 is 1.80 bits per heavy atom. The highest BCUT2D eigenvalue weighted by Crippen LogP contribution is 2.45. The summed E-state index contributed by atoms with van der Waals surface area (Å²) in [6.45, 7) is 20.7. The van der Waals surface area contributed by atoms with Gasteiger partial charge in [-0.15, -0.1) is 0 Å². The topological polar surface area (TPSA) is 9.23 Å².